The molecule has 0 amide bonds. The molecular weight excluding hydrogens is 288 g/mol. The van der Waals surface area contributed by atoms with Crippen molar-refractivity contribution < 1.29 is 9.53 Å². The van der Waals surface area contributed by atoms with Crippen LogP contribution in [0, 0.1) is 5.92 Å². The molecule has 1 aromatic heterocycles. The van der Waals surface area contributed by atoms with Crippen LogP contribution in [-0.2, 0) is 16.1 Å². The maximum atomic E-state index is 12.6. The number of aromatic nitrogens is 2. The van der Waals surface area contributed by atoms with Crippen molar-refractivity contribution >= 4 is 5.97 Å². The molecule has 4 heteroatoms. The second-order valence-corrected chi connectivity index (χ2v) is 5.87. The number of benzene rings is 1. The fourth-order valence-electron chi connectivity index (χ4n) is 2.78. The smallest absolute Gasteiger partial charge is 0.309 e. The molecular formula is C19H26N2O2. The van der Waals surface area contributed by atoms with Crippen LogP contribution in [0.15, 0.2) is 49.1 Å². The van der Waals surface area contributed by atoms with E-state index < -0.39 is 0 Å². The van der Waals surface area contributed by atoms with Crippen LogP contribution in [0.25, 0.3) is 0 Å². The molecule has 4 nitrogen and oxygen atoms in total. The first-order valence-corrected chi connectivity index (χ1v) is 8.45. The molecule has 0 aliphatic carbocycles. The molecule has 0 bridgehead atoms. The molecule has 1 heterocycles. The first kappa shape index (κ1) is 17.3. The van der Waals surface area contributed by atoms with E-state index in [1.54, 1.807) is 12.5 Å². The van der Waals surface area contributed by atoms with Crippen molar-refractivity contribution in [2.24, 2.45) is 5.92 Å². The number of imidazole rings is 1. The van der Waals surface area contributed by atoms with Gasteiger partial charge in [0.15, 0.2) is 0 Å². The molecule has 1 atom stereocenters. The Morgan fingerprint density at radius 2 is 1.87 bits per heavy atom. The normalized spacial score (nSPS) is 12.3. The van der Waals surface area contributed by atoms with Crippen molar-refractivity contribution in [1.29, 1.82) is 0 Å². The maximum Gasteiger partial charge on any atom is 0.309 e. The molecule has 2 aromatic rings. The molecule has 1 unspecified atom stereocenters. The van der Waals surface area contributed by atoms with Crippen LogP contribution < -0.4 is 0 Å². The number of hydrogen-bond donors (Lipinski definition) is 0. The molecule has 0 saturated carbocycles. The van der Waals surface area contributed by atoms with E-state index in [9.17, 15) is 4.79 Å². The molecule has 23 heavy (non-hydrogen) atoms. The summed E-state index contributed by atoms with van der Waals surface area (Å²) in [6, 6.07) is 9.92. The number of ether oxygens (including phenoxy) is 1. The van der Waals surface area contributed by atoms with E-state index in [2.05, 4.69) is 18.8 Å². The Morgan fingerprint density at radius 3 is 2.43 bits per heavy atom. The van der Waals surface area contributed by atoms with Crippen molar-refractivity contribution in [3.8, 4) is 0 Å². The third-order valence-electron chi connectivity index (χ3n) is 3.97. The summed E-state index contributed by atoms with van der Waals surface area (Å²) in [4.78, 5) is 16.7. The highest BCUT2D eigenvalue weighted by atomic mass is 16.5. The second-order valence-electron chi connectivity index (χ2n) is 5.87. The van der Waals surface area contributed by atoms with Gasteiger partial charge in [-0.05, 0) is 18.4 Å². The van der Waals surface area contributed by atoms with Crippen molar-refractivity contribution in [3.63, 3.8) is 0 Å². The third kappa shape index (κ3) is 5.23. The highest BCUT2D eigenvalue weighted by Gasteiger charge is 2.23. The highest BCUT2D eigenvalue weighted by molar-refractivity contribution is 5.72. The lowest BCUT2D eigenvalue weighted by atomic mass is 9.98. The summed E-state index contributed by atoms with van der Waals surface area (Å²) in [5, 5.41) is 0. The van der Waals surface area contributed by atoms with Gasteiger partial charge in [0.25, 0.3) is 0 Å². The number of esters is 1. The van der Waals surface area contributed by atoms with E-state index in [1.807, 2.05) is 41.1 Å². The van der Waals surface area contributed by atoms with Gasteiger partial charge in [0.1, 0.15) is 6.10 Å². The summed E-state index contributed by atoms with van der Waals surface area (Å²) >= 11 is 0. The first-order chi connectivity index (χ1) is 11.2. The van der Waals surface area contributed by atoms with Gasteiger partial charge in [-0.25, -0.2) is 4.98 Å². The Labute approximate surface area is 138 Å². The molecule has 1 aromatic carbocycles. The lowest BCUT2D eigenvalue weighted by Gasteiger charge is -2.22. The molecule has 0 fully saturated rings. The minimum Gasteiger partial charge on any atom is -0.455 e. The van der Waals surface area contributed by atoms with Crippen LogP contribution in [0.4, 0.5) is 0 Å². The number of carbonyl (C=O) groups excluding carboxylic acids is 1. The molecule has 0 N–H and O–H groups in total. The van der Waals surface area contributed by atoms with E-state index in [-0.39, 0.29) is 18.0 Å². The molecule has 124 valence electrons. The number of carbonyl (C=O) groups is 1. The van der Waals surface area contributed by atoms with Crippen LogP contribution in [0.2, 0.25) is 0 Å². The Balaban J connectivity index is 2.11. The number of hydrogen-bond acceptors (Lipinski definition) is 3. The van der Waals surface area contributed by atoms with Gasteiger partial charge in [0.2, 0.25) is 0 Å². The topological polar surface area (TPSA) is 44.1 Å². The lowest BCUT2D eigenvalue weighted by Crippen LogP contribution is -2.22. The SMILES string of the molecule is CCCC(CCC)C(=O)OC(Cn1ccnc1)c1ccccc1. The van der Waals surface area contributed by atoms with Gasteiger partial charge in [0.05, 0.1) is 18.8 Å². The number of nitrogens with zero attached hydrogens (tertiary/aromatic N) is 2. The number of rotatable bonds is 9. The Kier molecular flexibility index (Phi) is 6.85. The minimum absolute atomic E-state index is 0.000926. The van der Waals surface area contributed by atoms with Crippen LogP contribution in [-0.4, -0.2) is 15.5 Å². The molecule has 0 aliphatic rings. The summed E-state index contributed by atoms with van der Waals surface area (Å²) in [6.45, 7) is 4.80. The van der Waals surface area contributed by atoms with E-state index in [0.717, 1.165) is 31.2 Å². The molecule has 0 saturated heterocycles. The van der Waals surface area contributed by atoms with Gasteiger partial charge < -0.3 is 9.30 Å². The molecule has 0 spiro atoms. The van der Waals surface area contributed by atoms with E-state index in [0.29, 0.717) is 6.54 Å². The van der Waals surface area contributed by atoms with E-state index in [1.165, 1.54) is 0 Å². The van der Waals surface area contributed by atoms with Gasteiger partial charge in [-0.2, -0.15) is 0 Å². The maximum absolute atomic E-state index is 12.6. The van der Waals surface area contributed by atoms with Gasteiger partial charge >= 0.3 is 5.97 Å². The van der Waals surface area contributed by atoms with Crippen LogP contribution in [0.5, 0.6) is 0 Å². The van der Waals surface area contributed by atoms with Crippen LogP contribution in [0.3, 0.4) is 0 Å². The zero-order valence-corrected chi connectivity index (χ0v) is 14.0. The van der Waals surface area contributed by atoms with Crippen molar-refractivity contribution in [2.75, 3.05) is 0 Å². The Hall–Kier alpha value is -2.10. The lowest BCUT2D eigenvalue weighted by molar-refractivity contribution is -0.155. The van der Waals surface area contributed by atoms with Gasteiger partial charge in [-0.3, -0.25) is 4.79 Å². The van der Waals surface area contributed by atoms with Crippen molar-refractivity contribution in [3.05, 3.63) is 54.6 Å². The standard InChI is InChI=1S/C19H26N2O2/c1-3-8-17(9-4-2)19(22)23-18(14-21-13-12-20-15-21)16-10-6-5-7-11-16/h5-7,10-13,15,17-18H,3-4,8-9,14H2,1-2H3. The Bertz CT molecular complexity index is 560. The van der Waals surface area contributed by atoms with E-state index in [4.69, 9.17) is 4.74 Å². The quantitative estimate of drug-likeness (QED) is 0.645. The molecule has 0 aliphatic heterocycles. The summed E-state index contributed by atoms with van der Waals surface area (Å²) in [6.07, 6.45) is 8.86. The summed E-state index contributed by atoms with van der Waals surface area (Å²) in [5.74, 6) is -0.0818. The largest absolute Gasteiger partial charge is 0.455 e. The summed E-state index contributed by atoms with van der Waals surface area (Å²) in [5.41, 5.74) is 1.02. The monoisotopic (exact) mass is 314 g/mol. The Morgan fingerprint density at radius 1 is 1.17 bits per heavy atom. The highest BCUT2D eigenvalue weighted by Crippen LogP contribution is 2.24. The van der Waals surface area contributed by atoms with Crippen LogP contribution in [0.1, 0.15) is 51.2 Å². The van der Waals surface area contributed by atoms with Crippen molar-refractivity contribution in [2.45, 2.75) is 52.2 Å². The van der Waals surface area contributed by atoms with E-state index >= 15 is 0 Å². The minimum atomic E-state index is -0.283. The third-order valence-corrected chi connectivity index (χ3v) is 3.97. The fraction of sp³-hybridized carbons (Fsp3) is 0.474. The molecule has 2 rings (SSSR count). The van der Waals surface area contributed by atoms with Gasteiger partial charge in [0, 0.05) is 12.4 Å². The fourth-order valence-corrected chi connectivity index (χ4v) is 2.78. The van der Waals surface area contributed by atoms with Crippen molar-refractivity contribution in [1.82, 2.24) is 9.55 Å². The zero-order chi connectivity index (χ0) is 16.5. The average Bonchev–Trinajstić information content (AvgIpc) is 3.08. The summed E-state index contributed by atoms with van der Waals surface area (Å²) < 4.78 is 7.83. The van der Waals surface area contributed by atoms with Gasteiger partial charge in [-0.15, -0.1) is 0 Å². The predicted octanol–water partition coefficient (Wildman–Crippen LogP) is 4.38. The zero-order valence-electron chi connectivity index (χ0n) is 14.0. The summed E-state index contributed by atoms with van der Waals surface area (Å²) in [7, 11) is 0. The molecule has 0 radical (unpaired) electrons. The predicted molar refractivity (Wildman–Crippen MR) is 90.8 cm³/mol. The second kappa shape index (κ2) is 9.13. The first-order valence-electron chi connectivity index (χ1n) is 8.45. The van der Waals surface area contributed by atoms with Crippen LogP contribution >= 0.6 is 0 Å². The van der Waals surface area contributed by atoms with Gasteiger partial charge in [-0.1, -0.05) is 57.0 Å². The average molecular weight is 314 g/mol.